The molecule has 20 heavy (non-hydrogen) atoms. The number of benzene rings is 1. The monoisotopic (exact) mass is 282 g/mol. The van der Waals surface area contributed by atoms with Gasteiger partial charge in [0.1, 0.15) is 11.9 Å². The van der Waals surface area contributed by atoms with Gasteiger partial charge in [0, 0.05) is 32.7 Å². The number of carbonyl (C=O) groups is 1. The summed E-state index contributed by atoms with van der Waals surface area (Å²) in [5.41, 5.74) is 0.466. The van der Waals surface area contributed by atoms with E-state index in [2.05, 4.69) is 4.90 Å². The first-order chi connectivity index (χ1) is 9.61. The molecule has 1 unspecified atom stereocenters. The van der Waals surface area contributed by atoms with Gasteiger partial charge in [0.2, 0.25) is 0 Å². The molecule has 1 atom stereocenters. The molecule has 1 aromatic rings. The summed E-state index contributed by atoms with van der Waals surface area (Å²) in [5, 5.41) is 18.3. The van der Waals surface area contributed by atoms with Crippen molar-refractivity contribution in [1.82, 2.24) is 9.80 Å². The number of aliphatic hydroxyl groups is 1. The molecule has 0 bridgehead atoms. The number of carboxylic acids is 1. The van der Waals surface area contributed by atoms with E-state index in [0.29, 0.717) is 38.3 Å². The Hall–Kier alpha value is -1.50. The summed E-state index contributed by atoms with van der Waals surface area (Å²) < 4.78 is 13.3. The second-order valence-corrected chi connectivity index (χ2v) is 4.90. The Bertz CT molecular complexity index is 461. The smallest absolute Gasteiger partial charge is 0.325 e. The normalized spacial score (nSPS) is 18.9. The van der Waals surface area contributed by atoms with Crippen LogP contribution in [0.15, 0.2) is 24.3 Å². The second kappa shape index (κ2) is 6.78. The third-order valence-electron chi connectivity index (χ3n) is 3.59. The van der Waals surface area contributed by atoms with Crippen molar-refractivity contribution in [3.63, 3.8) is 0 Å². The van der Waals surface area contributed by atoms with Gasteiger partial charge in [-0.3, -0.25) is 14.6 Å². The lowest BCUT2D eigenvalue weighted by atomic mass is 10.0. The van der Waals surface area contributed by atoms with Crippen LogP contribution in [-0.2, 0) is 4.79 Å². The molecule has 0 saturated carbocycles. The van der Waals surface area contributed by atoms with Gasteiger partial charge in [0.05, 0.1) is 6.61 Å². The Labute approximate surface area is 117 Å². The van der Waals surface area contributed by atoms with Gasteiger partial charge < -0.3 is 10.2 Å². The predicted molar refractivity (Wildman–Crippen MR) is 71.9 cm³/mol. The number of β-amino-alcohol motifs (C(OH)–C–C–N with tert-alkyl or cyclic N) is 1. The molecule has 0 amide bonds. The van der Waals surface area contributed by atoms with E-state index in [0.717, 1.165) is 0 Å². The topological polar surface area (TPSA) is 64.0 Å². The Balaban J connectivity index is 2.09. The number of piperazine rings is 1. The number of rotatable bonds is 5. The van der Waals surface area contributed by atoms with E-state index in [1.54, 1.807) is 6.07 Å². The highest BCUT2D eigenvalue weighted by Crippen LogP contribution is 2.23. The van der Waals surface area contributed by atoms with E-state index in [4.69, 9.17) is 5.11 Å². The molecule has 1 heterocycles. The fraction of sp³-hybridized carbons (Fsp3) is 0.500. The van der Waals surface area contributed by atoms with E-state index in [1.165, 1.54) is 18.2 Å². The van der Waals surface area contributed by atoms with E-state index in [-0.39, 0.29) is 6.61 Å². The molecule has 110 valence electrons. The molecule has 1 aliphatic rings. The summed E-state index contributed by atoms with van der Waals surface area (Å²) >= 11 is 0. The van der Waals surface area contributed by atoms with Gasteiger partial charge in [-0.2, -0.15) is 0 Å². The van der Waals surface area contributed by atoms with Crippen molar-refractivity contribution in [2.45, 2.75) is 6.04 Å². The molecule has 0 spiro atoms. The average molecular weight is 282 g/mol. The highest BCUT2D eigenvalue weighted by Gasteiger charge is 2.30. The molecule has 0 aromatic heterocycles. The fourth-order valence-electron chi connectivity index (χ4n) is 2.57. The van der Waals surface area contributed by atoms with Crippen molar-refractivity contribution in [3.8, 4) is 0 Å². The minimum Gasteiger partial charge on any atom is -0.480 e. The van der Waals surface area contributed by atoms with Crippen LogP contribution in [0.3, 0.4) is 0 Å². The number of hydrogen-bond donors (Lipinski definition) is 2. The van der Waals surface area contributed by atoms with Crippen molar-refractivity contribution in [2.75, 3.05) is 39.3 Å². The highest BCUT2D eigenvalue weighted by molar-refractivity contribution is 5.75. The van der Waals surface area contributed by atoms with Crippen LogP contribution < -0.4 is 0 Å². The van der Waals surface area contributed by atoms with Crippen LogP contribution in [-0.4, -0.2) is 65.3 Å². The summed E-state index contributed by atoms with van der Waals surface area (Å²) in [6.45, 7) is 3.30. The number of carboxylic acid groups (broad SMARTS) is 1. The first-order valence-electron chi connectivity index (χ1n) is 6.67. The van der Waals surface area contributed by atoms with E-state index in [1.807, 2.05) is 4.90 Å². The van der Waals surface area contributed by atoms with Crippen LogP contribution in [0.25, 0.3) is 0 Å². The van der Waals surface area contributed by atoms with Gasteiger partial charge in [-0.1, -0.05) is 12.1 Å². The second-order valence-electron chi connectivity index (χ2n) is 4.90. The zero-order chi connectivity index (χ0) is 14.5. The molecule has 2 N–H and O–H groups in total. The number of aliphatic carboxylic acids is 1. The van der Waals surface area contributed by atoms with Crippen molar-refractivity contribution in [2.24, 2.45) is 0 Å². The quantitative estimate of drug-likeness (QED) is 0.826. The molecule has 1 saturated heterocycles. The van der Waals surface area contributed by atoms with Crippen LogP contribution >= 0.6 is 0 Å². The average Bonchev–Trinajstić information content (AvgIpc) is 2.41. The van der Waals surface area contributed by atoms with Crippen molar-refractivity contribution >= 4 is 5.97 Å². The first-order valence-corrected chi connectivity index (χ1v) is 6.67. The zero-order valence-electron chi connectivity index (χ0n) is 11.2. The minimum absolute atomic E-state index is 0.103. The first kappa shape index (κ1) is 14.9. The molecule has 1 aliphatic heterocycles. The van der Waals surface area contributed by atoms with Gasteiger partial charge in [0.15, 0.2) is 0 Å². The van der Waals surface area contributed by atoms with Crippen LogP contribution in [0, 0.1) is 5.82 Å². The van der Waals surface area contributed by atoms with Gasteiger partial charge in [-0.25, -0.2) is 4.39 Å². The zero-order valence-corrected chi connectivity index (χ0v) is 11.2. The lowest BCUT2D eigenvalue weighted by Gasteiger charge is -2.37. The number of hydrogen-bond acceptors (Lipinski definition) is 4. The SMILES string of the molecule is O=C(O)C(c1cccc(F)c1)N1CCN(CCO)CC1. The predicted octanol–water partition coefficient (Wildman–Crippen LogP) is 0.561. The largest absolute Gasteiger partial charge is 0.480 e. The minimum atomic E-state index is -0.966. The number of nitrogens with zero attached hydrogens (tertiary/aromatic N) is 2. The molecular weight excluding hydrogens is 263 g/mol. The molecule has 0 radical (unpaired) electrons. The molecule has 0 aliphatic carbocycles. The summed E-state index contributed by atoms with van der Waals surface area (Å²) in [7, 11) is 0. The van der Waals surface area contributed by atoms with Crippen LogP contribution in [0.1, 0.15) is 11.6 Å². The fourth-order valence-corrected chi connectivity index (χ4v) is 2.57. The molecule has 6 heteroatoms. The van der Waals surface area contributed by atoms with Crippen LogP contribution in [0.2, 0.25) is 0 Å². The molecular formula is C14H19FN2O3. The van der Waals surface area contributed by atoms with E-state index >= 15 is 0 Å². The van der Waals surface area contributed by atoms with Crippen molar-refractivity contribution in [3.05, 3.63) is 35.6 Å². The Morgan fingerprint density at radius 2 is 2.00 bits per heavy atom. The van der Waals surface area contributed by atoms with Gasteiger partial charge in [-0.15, -0.1) is 0 Å². The highest BCUT2D eigenvalue weighted by atomic mass is 19.1. The van der Waals surface area contributed by atoms with Crippen molar-refractivity contribution in [1.29, 1.82) is 0 Å². The summed E-state index contributed by atoms with van der Waals surface area (Å²) in [6, 6.07) is 4.94. The number of halogens is 1. The lowest BCUT2D eigenvalue weighted by Crippen LogP contribution is -2.49. The van der Waals surface area contributed by atoms with Crippen molar-refractivity contribution < 1.29 is 19.4 Å². The Morgan fingerprint density at radius 1 is 1.30 bits per heavy atom. The standard InChI is InChI=1S/C14H19FN2O3/c15-12-3-1-2-11(10-12)13(14(19)20)17-6-4-16(5-7-17)8-9-18/h1-3,10,13,18H,4-9H2,(H,19,20). The summed E-state index contributed by atoms with van der Waals surface area (Å²) in [6.07, 6.45) is 0. The van der Waals surface area contributed by atoms with Gasteiger partial charge in [-0.05, 0) is 17.7 Å². The Kier molecular flexibility index (Phi) is 5.05. The Morgan fingerprint density at radius 3 is 2.55 bits per heavy atom. The van der Waals surface area contributed by atoms with E-state index in [9.17, 15) is 14.3 Å². The maximum atomic E-state index is 13.3. The molecule has 1 aromatic carbocycles. The van der Waals surface area contributed by atoms with Crippen LogP contribution in [0.4, 0.5) is 4.39 Å². The van der Waals surface area contributed by atoms with Crippen LogP contribution in [0.5, 0.6) is 0 Å². The summed E-state index contributed by atoms with van der Waals surface area (Å²) in [5.74, 6) is -1.39. The third kappa shape index (κ3) is 3.53. The maximum Gasteiger partial charge on any atom is 0.325 e. The third-order valence-corrected chi connectivity index (χ3v) is 3.59. The lowest BCUT2D eigenvalue weighted by molar-refractivity contribution is -0.144. The maximum absolute atomic E-state index is 13.3. The van der Waals surface area contributed by atoms with Gasteiger partial charge in [0.25, 0.3) is 0 Å². The van der Waals surface area contributed by atoms with Gasteiger partial charge >= 0.3 is 5.97 Å². The number of aliphatic hydroxyl groups excluding tert-OH is 1. The molecule has 1 fully saturated rings. The summed E-state index contributed by atoms with van der Waals surface area (Å²) in [4.78, 5) is 15.4. The van der Waals surface area contributed by atoms with E-state index < -0.39 is 17.8 Å². The molecule has 2 rings (SSSR count). The molecule has 5 nitrogen and oxygen atoms in total.